The number of aromatic nitrogens is 2. The molecule has 0 spiro atoms. The van der Waals surface area contributed by atoms with E-state index in [1.165, 1.54) is 0 Å². The molecule has 0 aliphatic heterocycles. The quantitative estimate of drug-likeness (QED) is 0.871. The van der Waals surface area contributed by atoms with E-state index >= 15 is 0 Å². The summed E-state index contributed by atoms with van der Waals surface area (Å²) in [6, 6.07) is 5.73. The molecule has 0 aliphatic carbocycles. The van der Waals surface area contributed by atoms with E-state index in [1.54, 1.807) is 0 Å². The second-order valence-electron chi connectivity index (χ2n) is 5.15. The Morgan fingerprint density at radius 3 is 2.61 bits per heavy atom. The lowest BCUT2D eigenvalue weighted by Gasteiger charge is -2.07. The van der Waals surface area contributed by atoms with Crippen molar-refractivity contribution in [1.29, 1.82) is 0 Å². The second-order valence-corrected chi connectivity index (χ2v) is 5.15. The van der Waals surface area contributed by atoms with Gasteiger partial charge in [0.2, 0.25) is 5.91 Å². The van der Waals surface area contributed by atoms with Crippen molar-refractivity contribution in [3.63, 3.8) is 0 Å². The maximum absolute atomic E-state index is 11.6. The predicted octanol–water partition coefficient (Wildman–Crippen LogP) is 3.28. The molecule has 1 aromatic carbocycles. The first-order chi connectivity index (χ1) is 8.47. The molecule has 1 heterocycles. The van der Waals surface area contributed by atoms with Crippen molar-refractivity contribution in [2.75, 3.05) is 5.32 Å². The number of aromatic amines is 1. The molecule has 1 amide bonds. The number of amides is 1. The van der Waals surface area contributed by atoms with Crippen molar-refractivity contribution >= 4 is 22.6 Å². The fourth-order valence-corrected chi connectivity index (χ4v) is 1.67. The van der Waals surface area contributed by atoms with Crippen LogP contribution < -0.4 is 5.32 Å². The lowest BCUT2D eigenvalue weighted by molar-refractivity contribution is -0.118. The molecule has 2 N–H and O–H groups in total. The molecule has 0 aliphatic rings. The Labute approximate surface area is 107 Å². The molecule has 0 radical (unpaired) electrons. The maximum atomic E-state index is 11.6. The molecule has 18 heavy (non-hydrogen) atoms. The van der Waals surface area contributed by atoms with Gasteiger partial charge < -0.3 is 10.3 Å². The SMILES string of the molecule is CC(C)C(=O)Nc1ccc2nc(C(C)C)[nH]c2c1. The molecule has 0 unspecified atom stereocenters. The summed E-state index contributed by atoms with van der Waals surface area (Å²) in [4.78, 5) is 19.4. The first-order valence-electron chi connectivity index (χ1n) is 6.28. The van der Waals surface area contributed by atoms with Crippen molar-refractivity contribution in [2.45, 2.75) is 33.6 Å². The van der Waals surface area contributed by atoms with E-state index in [9.17, 15) is 4.79 Å². The van der Waals surface area contributed by atoms with Gasteiger partial charge in [-0.2, -0.15) is 0 Å². The molecule has 0 atom stereocenters. The lowest BCUT2D eigenvalue weighted by atomic mass is 10.2. The number of carbonyl (C=O) groups excluding carboxylic acids is 1. The van der Waals surface area contributed by atoms with Gasteiger partial charge in [0, 0.05) is 17.5 Å². The number of imidazole rings is 1. The molecule has 0 saturated heterocycles. The molecule has 2 rings (SSSR count). The number of nitrogens with zero attached hydrogens (tertiary/aromatic N) is 1. The van der Waals surface area contributed by atoms with Gasteiger partial charge in [-0.25, -0.2) is 4.98 Å². The van der Waals surface area contributed by atoms with Crippen LogP contribution >= 0.6 is 0 Å². The van der Waals surface area contributed by atoms with E-state index < -0.39 is 0 Å². The summed E-state index contributed by atoms with van der Waals surface area (Å²) in [6.07, 6.45) is 0. The number of hydrogen-bond acceptors (Lipinski definition) is 2. The summed E-state index contributed by atoms with van der Waals surface area (Å²) in [5.74, 6) is 1.34. The largest absolute Gasteiger partial charge is 0.342 e. The van der Waals surface area contributed by atoms with Gasteiger partial charge in [-0.15, -0.1) is 0 Å². The molecule has 96 valence electrons. The minimum Gasteiger partial charge on any atom is -0.342 e. The fraction of sp³-hybridized carbons (Fsp3) is 0.429. The first kappa shape index (κ1) is 12.6. The number of anilines is 1. The minimum atomic E-state index is -0.0197. The van der Waals surface area contributed by atoms with E-state index in [4.69, 9.17) is 0 Å². The summed E-state index contributed by atoms with van der Waals surface area (Å²) in [7, 11) is 0. The van der Waals surface area contributed by atoms with Crippen LogP contribution in [-0.4, -0.2) is 15.9 Å². The summed E-state index contributed by atoms with van der Waals surface area (Å²) < 4.78 is 0. The second kappa shape index (κ2) is 4.80. The maximum Gasteiger partial charge on any atom is 0.226 e. The molecular weight excluding hydrogens is 226 g/mol. The highest BCUT2D eigenvalue weighted by molar-refractivity contribution is 5.94. The highest BCUT2D eigenvalue weighted by Gasteiger charge is 2.09. The Morgan fingerprint density at radius 1 is 1.28 bits per heavy atom. The number of benzene rings is 1. The molecule has 1 aromatic heterocycles. The van der Waals surface area contributed by atoms with Crippen molar-refractivity contribution in [3.8, 4) is 0 Å². The molecule has 0 saturated carbocycles. The van der Waals surface area contributed by atoms with Crippen molar-refractivity contribution in [1.82, 2.24) is 9.97 Å². The predicted molar refractivity (Wildman–Crippen MR) is 73.7 cm³/mol. The standard InChI is InChI=1S/C14H19N3O/c1-8(2)13-16-11-6-5-10(7-12(11)17-13)15-14(18)9(3)4/h5-9H,1-4H3,(H,15,18)(H,16,17). The number of carbonyl (C=O) groups is 1. The van der Waals surface area contributed by atoms with Crippen molar-refractivity contribution < 1.29 is 4.79 Å². The van der Waals surface area contributed by atoms with Gasteiger partial charge in [0.05, 0.1) is 11.0 Å². The zero-order valence-electron chi connectivity index (χ0n) is 11.2. The number of nitrogens with one attached hydrogen (secondary N) is 2. The average Bonchev–Trinajstić information content (AvgIpc) is 2.71. The van der Waals surface area contributed by atoms with Crippen molar-refractivity contribution in [3.05, 3.63) is 24.0 Å². The van der Waals surface area contributed by atoms with Gasteiger partial charge >= 0.3 is 0 Å². The first-order valence-corrected chi connectivity index (χ1v) is 6.28. The third-order valence-electron chi connectivity index (χ3n) is 2.84. The summed E-state index contributed by atoms with van der Waals surface area (Å²) in [5, 5.41) is 2.89. The van der Waals surface area contributed by atoms with E-state index in [0.29, 0.717) is 5.92 Å². The van der Waals surface area contributed by atoms with Gasteiger partial charge in [0.25, 0.3) is 0 Å². The Hall–Kier alpha value is -1.84. The third kappa shape index (κ3) is 2.53. The zero-order valence-corrected chi connectivity index (χ0v) is 11.2. The van der Waals surface area contributed by atoms with Crippen LogP contribution in [0.2, 0.25) is 0 Å². The smallest absolute Gasteiger partial charge is 0.226 e. The minimum absolute atomic E-state index is 0.0197. The van der Waals surface area contributed by atoms with Crippen LogP contribution in [0, 0.1) is 5.92 Å². The van der Waals surface area contributed by atoms with Crippen LogP contribution in [0.4, 0.5) is 5.69 Å². The lowest BCUT2D eigenvalue weighted by Crippen LogP contribution is -2.17. The van der Waals surface area contributed by atoms with Crippen LogP contribution in [0.5, 0.6) is 0 Å². The summed E-state index contributed by atoms with van der Waals surface area (Å²) >= 11 is 0. The van der Waals surface area contributed by atoms with Gasteiger partial charge in [0.15, 0.2) is 0 Å². The Morgan fingerprint density at radius 2 is 2.00 bits per heavy atom. The van der Waals surface area contributed by atoms with E-state index in [1.807, 2.05) is 32.0 Å². The average molecular weight is 245 g/mol. The van der Waals surface area contributed by atoms with Gasteiger partial charge in [-0.3, -0.25) is 4.79 Å². The van der Waals surface area contributed by atoms with Crippen LogP contribution in [0.15, 0.2) is 18.2 Å². The van der Waals surface area contributed by atoms with Gasteiger partial charge in [-0.1, -0.05) is 27.7 Å². The van der Waals surface area contributed by atoms with Gasteiger partial charge in [-0.05, 0) is 18.2 Å². The number of hydrogen-bond donors (Lipinski definition) is 2. The number of H-pyrrole nitrogens is 1. The topological polar surface area (TPSA) is 57.8 Å². The number of rotatable bonds is 3. The molecule has 2 aromatic rings. The number of fused-ring (bicyclic) bond motifs is 1. The fourth-order valence-electron chi connectivity index (χ4n) is 1.67. The molecule has 0 fully saturated rings. The zero-order chi connectivity index (χ0) is 13.3. The molecule has 4 nitrogen and oxygen atoms in total. The van der Waals surface area contributed by atoms with E-state index in [-0.39, 0.29) is 11.8 Å². The van der Waals surface area contributed by atoms with Crippen LogP contribution in [-0.2, 0) is 4.79 Å². The molecule has 0 bridgehead atoms. The van der Waals surface area contributed by atoms with Crippen molar-refractivity contribution in [2.24, 2.45) is 5.92 Å². The third-order valence-corrected chi connectivity index (χ3v) is 2.84. The molecule has 4 heteroatoms. The summed E-state index contributed by atoms with van der Waals surface area (Å²) in [6.45, 7) is 7.94. The van der Waals surface area contributed by atoms with E-state index in [0.717, 1.165) is 22.5 Å². The summed E-state index contributed by atoms with van der Waals surface area (Å²) in [5.41, 5.74) is 2.70. The Bertz CT molecular complexity index is 569. The van der Waals surface area contributed by atoms with Gasteiger partial charge in [0.1, 0.15) is 5.82 Å². The highest BCUT2D eigenvalue weighted by atomic mass is 16.1. The Balaban J connectivity index is 2.29. The van der Waals surface area contributed by atoms with E-state index in [2.05, 4.69) is 29.1 Å². The Kier molecular flexibility index (Phi) is 3.36. The van der Waals surface area contributed by atoms with Crippen LogP contribution in [0.1, 0.15) is 39.4 Å². The highest BCUT2D eigenvalue weighted by Crippen LogP contribution is 2.20. The van der Waals surface area contributed by atoms with Crippen LogP contribution in [0.25, 0.3) is 11.0 Å². The monoisotopic (exact) mass is 245 g/mol. The normalized spacial score (nSPS) is 11.4. The molecular formula is C14H19N3O. The van der Waals surface area contributed by atoms with Crippen LogP contribution in [0.3, 0.4) is 0 Å².